The van der Waals surface area contributed by atoms with Crippen molar-refractivity contribution in [1.82, 2.24) is 4.72 Å². The third-order valence-electron chi connectivity index (χ3n) is 3.27. The first-order chi connectivity index (χ1) is 9.94. The van der Waals surface area contributed by atoms with Gasteiger partial charge in [0.25, 0.3) is 0 Å². The second-order valence-electron chi connectivity index (χ2n) is 4.71. The van der Waals surface area contributed by atoms with Gasteiger partial charge in [-0.3, -0.25) is 0 Å². The van der Waals surface area contributed by atoms with Gasteiger partial charge >= 0.3 is 0 Å². The molecular weight excluding hydrogens is 308 g/mol. The van der Waals surface area contributed by atoms with E-state index in [-0.39, 0.29) is 18.0 Å². The fourth-order valence-electron chi connectivity index (χ4n) is 1.93. The number of hydrogen-bond acceptors (Lipinski definition) is 3. The minimum absolute atomic E-state index is 0.137. The molecule has 6 heteroatoms. The van der Waals surface area contributed by atoms with Gasteiger partial charge in [0.15, 0.2) is 0 Å². The van der Waals surface area contributed by atoms with Crippen LogP contribution in [0.15, 0.2) is 47.4 Å². The van der Waals surface area contributed by atoms with Crippen molar-refractivity contribution >= 4 is 21.6 Å². The third kappa shape index (κ3) is 3.83. The maximum atomic E-state index is 12.3. The molecule has 0 aromatic heterocycles. The molecule has 0 bridgehead atoms. The van der Waals surface area contributed by atoms with E-state index in [4.69, 9.17) is 17.3 Å². The fraction of sp³-hybridized carbons (Fsp3) is 0.200. The Morgan fingerprint density at radius 3 is 2.48 bits per heavy atom. The minimum Gasteiger partial charge on any atom is -0.326 e. The number of hydrogen-bond donors (Lipinski definition) is 2. The molecule has 0 saturated heterocycles. The second kappa shape index (κ2) is 6.58. The van der Waals surface area contributed by atoms with Crippen LogP contribution < -0.4 is 10.5 Å². The van der Waals surface area contributed by atoms with Gasteiger partial charge in [0, 0.05) is 18.1 Å². The number of nitrogens with one attached hydrogen (secondary N) is 1. The van der Waals surface area contributed by atoms with Crippen LogP contribution in [-0.4, -0.2) is 8.42 Å². The highest BCUT2D eigenvalue weighted by Gasteiger charge is 2.15. The molecule has 4 nitrogen and oxygen atoms in total. The Kier molecular flexibility index (Phi) is 5.00. The predicted molar refractivity (Wildman–Crippen MR) is 84.5 cm³/mol. The summed E-state index contributed by atoms with van der Waals surface area (Å²) >= 11 is 6.01. The molecule has 0 amide bonds. The highest BCUT2D eigenvalue weighted by atomic mass is 35.5. The quantitative estimate of drug-likeness (QED) is 0.888. The zero-order valence-electron chi connectivity index (χ0n) is 11.6. The average Bonchev–Trinajstić information content (AvgIpc) is 2.46. The van der Waals surface area contributed by atoms with Gasteiger partial charge in [-0.05, 0) is 35.7 Å². The number of halogens is 1. The van der Waals surface area contributed by atoms with E-state index < -0.39 is 10.0 Å². The molecule has 0 aliphatic rings. The van der Waals surface area contributed by atoms with Crippen LogP contribution in [0, 0.1) is 6.92 Å². The SMILES string of the molecule is Cc1ccccc1CNS(=O)(=O)c1ccc(CN)c(Cl)c1. The first kappa shape index (κ1) is 16.0. The van der Waals surface area contributed by atoms with Crippen molar-refractivity contribution < 1.29 is 8.42 Å². The lowest BCUT2D eigenvalue weighted by atomic mass is 10.1. The molecule has 0 saturated carbocycles. The van der Waals surface area contributed by atoms with E-state index in [1.54, 1.807) is 6.07 Å². The molecule has 21 heavy (non-hydrogen) atoms. The van der Waals surface area contributed by atoms with Crippen molar-refractivity contribution in [3.8, 4) is 0 Å². The lowest BCUT2D eigenvalue weighted by Crippen LogP contribution is -2.23. The molecule has 3 N–H and O–H groups in total. The molecule has 0 aliphatic carbocycles. The third-order valence-corrected chi connectivity index (χ3v) is 5.02. The van der Waals surface area contributed by atoms with Crippen LogP contribution in [0.5, 0.6) is 0 Å². The Labute approximate surface area is 130 Å². The lowest BCUT2D eigenvalue weighted by molar-refractivity contribution is 0.581. The van der Waals surface area contributed by atoms with Crippen molar-refractivity contribution in [1.29, 1.82) is 0 Å². The molecule has 0 spiro atoms. The number of rotatable bonds is 5. The predicted octanol–water partition coefficient (Wildman–Crippen LogP) is 2.59. The summed E-state index contributed by atoms with van der Waals surface area (Å²) in [5, 5.41) is 0.358. The Morgan fingerprint density at radius 1 is 1.14 bits per heavy atom. The molecule has 0 fully saturated rings. The fourth-order valence-corrected chi connectivity index (χ4v) is 3.28. The van der Waals surface area contributed by atoms with Crippen molar-refractivity contribution in [3.05, 3.63) is 64.2 Å². The Morgan fingerprint density at radius 2 is 1.86 bits per heavy atom. The van der Waals surface area contributed by atoms with Crippen molar-refractivity contribution in [3.63, 3.8) is 0 Å². The smallest absolute Gasteiger partial charge is 0.240 e. The van der Waals surface area contributed by atoms with Crippen LogP contribution in [0.25, 0.3) is 0 Å². The molecule has 0 heterocycles. The van der Waals surface area contributed by atoms with Gasteiger partial charge in [-0.2, -0.15) is 0 Å². The van der Waals surface area contributed by atoms with Crippen LogP contribution >= 0.6 is 11.6 Å². The van der Waals surface area contributed by atoms with Gasteiger partial charge in [0.05, 0.1) is 4.90 Å². The van der Waals surface area contributed by atoms with E-state index in [9.17, 15) is 8.42 Å². The summed E-state index contributed by atoms with van der Waals surface area (Å²) < 4.78 is 27.1. The van der Waals surface area contributed by atoms with E-state index in [2.05, 4.69) is 4.72 Å². The van der Waals surface area contributed by atoms with Gasteiger partial charge in [0.1, 0.15) is 0 Å². The average molecular weight is 325 g/mol. The maximum absolute atomic E-state index is 12.3. The zero-order chi connectivity index (χ0) is 15.5. The summed E-state index contributed by atoms with van der Waals surface area (Å²) in [5.41, 5.74) is 8.20. The van der Waals surface area contributed by atoms with Crippen molar-refractivity contribution in [2.75, 3.05) is 0 Å². The number of benzene rings is 2. The summed E-state index contributed by atoms with van der Waals surface area (Å²) in [4.78, 5) is 0.137. The van der Waals surface area contributed by atoms with Crippen molar-refractivity contribution in [2.24, 2.45) is 5.73 Å². The Balaban J connectivity index is 2.19. The number of aryl methyl sites for hydroxylation is 1. The topological polar surface area (TPSA) is 72.2 Å². The highest BCUT2D eigenvalue weighted by molar-refractivity contribution is 7.89. The number of nitrogens with two attached hydrogens (primary N) is 1. The van der Waals surface area contributed by atoms with Gasteiger partial charge in [0.2, 0.25) is 10.0 Å². The summed E-state index contributed by atoms with van der Waals surface area (Å²) in [7, 11) is -3.60. The monoisotopic (exact) mass is 324 g/mol. The maximum Gasteiger partial charge on any atom is 0.240 e. The largest absolute Gasteiger partial charge is 0.326 e. The standard InChI is InChI=1S/C15H17ClN2O2S/c1-11-4-2-3-5-13(11)10-18-21(19,20)14-7-6-12(9-17)15(16)8-14/h2-8,18H,9-10,17H2,1H3. The Hall–Kier alpha value is -1.40. The molecular formula is C15H17ClN2O2S. The first-order valence-electron chi connectivity index (χ1n) is 6.46. The van der Waals surface area contributed by atoms with E-state index >= 15 is 0 Å². The molecule has 0 aliphatic heterocycles. The minimum atomic E-state index is -3.60. The molecule has 2 aromatic carbocycles. The summed E-state index contributed by atoms with van der Waals surface area (Å²) in [6, 6.07) is 12.2. The molecule has 112 valence electrons. The molecule has 0 radical (unpaired) electrons. The molecule has 0 unspecified atom stereocenters. The Bertz CT molecular complexity index is 745. The highest BCUT2D eigenvalue weighted by Crippen LogP contribution is 2.20. The summed E-state index contributed by atoms with van der Waals surface area (Å²) in [5.74, 6) is 0. The van der Waals surface area contributed by atoms with E-state index in [0.29, 0.717) is 5.02 Å². The molecule has 0 atom stereocenters. The van der Waals surface area contributed by atoms with Gasteiger partial charge in [-0.15, -0.1) is 0 Å². The van der Waals surface area contributed by atoms with E-state index in [0.717, 1.165) is 16.7 Å². The first-order valence-corrected chi connectivity index (χ1v) is 8.33. The van der Waals surface area contributed by atoms with E-state index in [1.165, 1.54) is 12.1 Å². The van der Waals surface area contributed by atoms with Crippen LogP contribution in [-0.2, 0) is 23.1 Å². The van der Waals surface area contributed by atoms with Gasteiger partial charge in [-0.25, -0.2) is 13.1 Å². The van der Waals surface area contributed by atoms with Gasteiger partial charge in [-0.1, -0.05) is 41.9 Å². The van der Waals surface area contributed by atoms with Crippen LogP contribution in [0.4, 0.5) is 0 Å². The van der Waals surface area contributed by atoms with Crippen LogP contribution in [0.2, 0.25) is 5.02 Å². The number of sulfonamides is 1. The molecule has 2 aromatic rings. The zero-order valence-corrected chi connectivity index (χ0v) is 13.2. The molecule has 2 rings (SSSR count). The van der Waals surface area contributed by atoms with Gasteiger partial charge < -0.3 is 5.73 Å². The lowest BCUT2D eigenvalue weighted by Gasteiger charge is -2.10. The van der Waals surface area contributed by atoms with Crippen molar-refractivity contribution in [2.45, 2.75) is 24.9 Å². The summed E-state index contributed by atoms with van der Waals surface area (Å²) in [6.45, 7) is 2.46. The summed E-state index contributed by atoms with van der Waals surface area (Å²) in [6.07, 6.45) is 0. The van der Waals surface area contributed by atoms with Crippen LogP contribution in [0.1, 0.15) is 16.7 Å². The normalized spacial score (nSPS) is 11.6. The second-order valence-corrected chi connectivity index (χ2v) is 6.88. The van der Waals surface area contributed by atoms with E-state index in [1.807, 2.05) is 31.2 Å². The van der Waals surface area contributed by atoms with Crippen LogP contribution in [0.3, 0.4) is 0 Å².